The standard InChI is InChI=1S/C11H18OSi/c1-4-9-6-5-7-10(13-12)11(9)8(2)3/h5-8,12H,4,13H2,1-3H3. The smallest absolute Gasteiger partial charge is 0.188 e. The largest absolute Gasteiger partial charge is 0.433 e. The molecule has 0 bridgehead atoms. The van der Waals surface area contributed by atoms with Gasteiger partial charge >= 0.3 is 0 Å². The molecule has 0 aromatic heterocycles. The normalized spacial score (nSPS) is 11.8. The van der Waals surface area contributed by atoms with E-state index in [1.165, 1.54) is 16.3 Å². The van der Waals surface area contributed by atoms with Crippen LogP contribution in [0.15, 0.2) is 18.2 Å². The second kappa shape index (κ2) is 4.58. The van der Waals surface area contributed by atoms with E-state index >= 15 is 0 Å². The van der Waals surface area contributed by atoms with Crippen molar-refractivity contribution in [2.24, 2.45) is 0 Å². The zero-order chi connectivity index (χ0) is 9.84. The second-order valence-electron chi connectivity index (χ2n) is 3.66. The molecule has 0 aliphatic rings. The quantitative estimate of drug-likeness (QED) is 0.714. The summed E-state index contributed by atoms with van der Waals surface area (Å²) in [5.41, 5.74) is 2.79. The van der Waals surface area contributed by atoms with Crippen LogP contribution >= 0.6 is 0 Å². The minimum atomic E-state index is -1.01. The van der Waals surface area contributed by atoms with Gasteiger partial charge < -0.3 is 4.80 Å². The molecule has 0 fully saturated rings. The van der Waals surface area contributed by atoms with E-state index in [0.29, 0.717) is 5.92 Å². The lowest BCUT2D eigenvalue weighted by molar-refractivity contribution is 0.614. The highest BCUT2D eigenvalue weighted by Crippen LogP contribution is 2.17. The van der Waals surface area contributed by atoms with Crippen LogP contribution in [0.4, 0.5) is 0 Å². The molecule has 0 saturated carbocycles. The van der Waals surface area contributed by atoms with Gasteiger partial charge in [-0.3, -0.25) is 0 Å². The lowest BCUT2D eigenvalue weighted by Gasteiger charge is -2.15. The Morgan fingerprint density at radius 3 is 2.54 bits per heavy atom. The van der Waals surface area contributed by atoms with Crippen molar-refractivity contribution in [3.05, 3.63) is 29.3 Å². The first-order valence-corrected chi connectivity index (χ1v) is 6.26. The summed E-state index contributed by atoms with van der Waals surface area (Å²) in [5.74, 6) is 0.533. The molecule has 0 unspecified atom stereocenters. The molecule has 2 heteroatoms. The molecular formula is C11H18OSi. The molecule has 0 heterocycles. The van der Waals surface area contributed by atoms with Crippen molar-refractivity contribution in [2.75, 3.05) is 0 Å². The van der Waals surface area contributed by atoms with E-state index in [1.807, 2.05) is 0 Å². The Bertz CT molecular complexity index is 259. The number of aryl methyl sites for hydroxylation is 1. The minimum absolute atomic E-state index is 0.533. The Morgan fingerprint density at radius 1 is 1.38 bits per heavy atom. The molecule has 1 aromatic rings. The first-order chi connectivity index (χ1) is 6.20. The molecule has 0 atom stereocenters. The molecule has 0 spiro atoms. The summed E-state index contributed by atoms with van der Waals surface area (Å²) in [6.45, 7) is 6.56. The number of rotatable bonds is 3. The highest BCUT2D eigenvalue weighted by molar-refractivity contribution is 6.46. The summed E-state index contributed by atoms with van der Waals surface area (Å²) in [4.78, 5) is 9.33. The molecule has 1 aromatic carbocycles. The summed E-state index contributed by atoms with van der Waals surface area (Å²) in [7, 11) is -1.01. The van der Waals surface area contributed by atoms with Crippen molar-refractivity contribution >= 4 is 14.9 Å². The van der Waals surface area contributed by atoms with Gasteiger partial charge in [-0.1, -0.05) is 39.0 Å². The molecule has 1 N–H and O–H groups in total. The summed E-state index contributed by atoms with van der Waals surface area (Å²) >= 11 is 0. The Labute approximate surface area is 82.7 Å². The molecule has 0 radical (unpaired) electrons. The van der Waals surface area contributed by atoms with Crippen molar-refractivity contribution in [3.63, 3.8) is 0 Å². The average molecular weight is 194 g/mol. The van der Waals surface area contributed by atoms with Gasteiger partial charge in [-0.2, -0.15) is 0 Å². The maximum atomic E-state index is 9.33. The van der Waals surface area contributed by atoms with Crippen LogP contribution < -0.4 is 5.19 Å². The zero-order valence-electron chi connectivity index (χ0n) is 8.67. The van der Waals surface area contributed by atoms with Gasteiger partial charge in [0.1, 0.15) is 0 Å². The molecule has 13 heavy (non-hydrogen) atoms. The summed E-state index contributed by atoms with van der Waals surface area (Å²) in [6.07, 6.45) is 1.07. The monoisotopic (exact) mass is 194 g/mol. The molecule has 0 aliphatic heterocycles. The van der Waals surface area contributed by atoms with Crippen LogP contribution in [0.25, 0.3) is 0 Å². The Morgan fingerprint density at radius 2 is 2.08 bits per heavy atom. The van der Waals surface area contributed by atoms with Crippen LogP contribution in [0.3, 0.4) is 0 Å². The Kier molecular flexibility index (Phi) is 3.69. The predicted molar refractivity (Wildman–Crippen MR) is 60.3 cm³/mol. The molecule has 1 rings (SSSR count). The highest BCUT2D eigenvalue weighted by Gasteiger charge is 2.09. The second-order valence-corrected chi connectivity index (χ2v) is 4.73. The third kappa shape index (κ3) is 2.20. The number of hydrogen-bond acceptors (Lipinski definition) is 1. The third-order valence-corrected chi connectivity index (χ3v) is 3.37. The number of benzene rings is 1. The van der Waals surface area contributed by atoms with Crippen LogP contribution in [0.5, 0.6) is 0 Å². The van der Waals surface area contributed by atoms with Crippen LogP contribution in [-0.4, -0.2) is 14.6 Å². The lowest BCUT2D eigenvalue weighted by atomic mass is 9.96. The molecule has 0 amide bonds. The van der Waals surface area contributed by atoms with Gasteiger partial charge in [0, 0.05) is 0 Å². The topological polar surface area (TPSA) is 20.2 Å². The van der Waals surface area contributed by atoms with Crippen molar-refractivity contribution < 1.29 is 4.80 Å². The molecule has 0 saturated heterocycles. The minimum Gasteiger partial charge on any atom is -0.433 e. The van der Waals surface area contributed by atoms with Gasteiger partial charge in [0.15, 0.2) is 9.76 Å². The van der Waals surface area contributed by atoms with Gasteiger partial charge in [0.05, 0.1) is 0 Å². The summed E-state index contributed by atoms with van der Waals surface area (Å²) in [5, 5.41) is 1.22. The highest BCUT2D eigenvalue weighted by atomic mass is 28.2. The predicted octanol–water partition coefficient (Wildman–Crippen LogP) is 1.07. The van der Waals surface area contributed by atoms with E-state index < -0.39 is 9.76 Å². The van der Waals surface area contributed by atoms with E-state index in [4.69, 9.17) is 0 Å². The van der Waals surface area contributed by atoms with E-state index in [9.17, 15) is 4.80 Å². The van der Waals surface area contributed by atoms with Gasteiger partial charge in [-0.05, 0) is 28.7 Å². The lowest BCUT2D eigenvalue weighted by Crippen LogP contribution is -2.21. The zero-order valence-corrected chi connectivity index (χ0v) is 10.1. The fourth-order valence-electron chi connectivity index (χ4n) is 1.85. The summed E-state index contributed by atoms with van der Waals surface area (Å²) in [6, 6.07) is 6.30. The van der Waals surface area contributed by atoms with Crippen LogP contribution in [-0.2, 0) is 6.42 Å². The molecule has 0 aliphatic carbocycles. The van der Waals surface area contributed by atoms with Gasteiger partial charge in [-0.25, -0.2) is 0 Å². The average Bonchev–Trinajstić information content (AvgIpc) is 2.16. The van der Waals surface area contributed by atoms with Gasteiger partial charge in [0.25, 0.3) is 0 Å². The van der Waals surface area contributed by atoms with Crippen LogP contribution in [0, 0.1) is 0 Å². The van der Waals surface area contributed by atoms with E-state index in [-0.39, 0.29) is 0 Å². The van der Waals surface area contributed by atoms with E-state index in [1.54, 1.807) is 0 Å². The van der Waals surface area contributed by atoms with Gasteiger partial charge in [-0.15, -0.1) is 0 Å². The van der Waals surface area contributed by atoms with Crippen molar-refractivity contribution in [1.82, 2.24) is 0 Å². The molecule has 72 valence electrons. The van der Waals surface area contributed by atoms with E-state index in [2.05, 4.69) is 39.0 Å². The third-order valence-electron chi connectivity index (χ3n) is 2.42. The Balaban J connectivity index is 3.21. The number of hydrogen-bond donors (Lipinski definition) is 1. The van der Waals surface area contributed by atoms with Crippen molar-refractivity contribution in [2.45, 2.75) is 33.1 Å². The molecular weight excluding hydrogens is 176 g/mol. The maximum Gasteiger partial charge on any atom is 0.188 e. The first kappa shape index (κ1) is 10.5. The summed E-state index contributed by atoms with van der Waals surface area (Å²) < 4.78 is 0. The fourth-order valence-corrected chi connectivity index (χ4v) is 2.90. The first-order valence-electron chi connectivity index (χ1n) is 4.92. The van der Waals surface area contributed by atoms with Crippen LogP contribution in [0.1, 0.15) is 37.8 Å². The maximum absolute atomic E-state index is 9.33. The van der Waals surface area contributed by atoms with Gasteiger partial charge in [0.2, 0.25) is 0 Å². The Hall–Kier alpha value is -0.603. The van der Waals surface area contributed by atoms with E-state index in [0.717, 1.165) is 6.42 Å². The van der Waals surface area contributed by atoms with Crippen molar-refractivity contribution in [1.29, 1.82) is 0 Å². The molecule has 1 nitrogen and oxygen atoms in total. The van der Waals surface area contributed by atoms with Crippen molar-refractivity contribution in [3.8, 4) is 0 Å². The fraction of sp³-hybridized carbons (Fsp3) is 0.455. The SMILES string of the molecule is CCc1cccc([SiH2]O)c1C(C)C. The van der Waals surface area contributed by atoms with Crippen LogP contribution in [0.2, 0.25) is 0 Å².